The van der Waals surface area contributed by atoms with Gasteiger partial charge in [0.2, 0.25) is 0 Å². The van der Waals surface area contributed by atoms with Crippen LogP contribution in [0.2, 0.25) is 0 Å². The first-order valence-corrected chi connectivity index (χ1v) is 8.43. The molecule has 0 spiro atoms. The smallest absolute Gasteiger partial charge is 0.157 e. The number of nitrogens with one attached hydrogen (secondary N) is 1. The van der Waals surface area contributed by atoms with Gasteiger partial charge in [-0.15, -0.1) is 11.3 Å². The highest BCUT2D eigenvalue weighted by Gasteiger charge is 2.22. The largest absolute Gasteiger partial charge is 0.356 e. The van der Waals surface area contributed by atoms with Crippen LogP contribution >= 0.6 is 23.1 Å². The second kappa shape index (κ2) is 5.97. The molecule has 2 aromatic rings. The summed E-state index contributed by atoms with van der Waals surface area (Å²) in [5, 5.41) is 8.14. The Morgan fingerprint density at radius 1 is 1.30 bits per heavy atom. The number of hydrogen-bond donors (Lipinski definition) is 1. The van der Waals surface area contributed by atoms with Gasteiger partial charge in [0.05, 0.1) is 17.8 Å². The van der Waals surface area contributed by atoms with Crippen molar-refractivity contribution in [1.29, 1.82) is 0 Å². The van der Waals surface area contributed by atoms with E-state index in [2.05, 4.69) is 57.9 Å². The summed E-state index contributed by atoms with van der Waals surface area (Å²) in [4.78, 5) is 9.13. The number of benzene rings is 1. The Morgan fingerprint density at radius 2 is 2.10 bits per heavy atom. The molecule has 0 saturated heterocycles. The summed E-state index contributed by atoms with van der Waals surface area (Å²) >= 11 is 3.51. The molecule has 20 heavy (non-hydrogen) atoms. The minimum absolute atomic E-state index is 0.217. The lowest BCUT2D eigenvalue weighted by Crippen LogP contribution is -2.22. The van der Waals surface area contributed by atoms with E-state index in [1.165, 1.54) is 5.56 Å². The summed E-state index contributed by atoms with van der Waals surface area (Å²) in [7, 11) is 0. The Morgan fingerprint density at radius 3 is 2.80 bits per heavy atom. The lowest BCUT2D eigenvalue weighted by molar-refractivity contribution is 0.713. The number of amidine groups is 1. The summed E-state index contributed by atoms with van der Waals surface area (Å²) in [5.74, 6) is 0. The molecule has 0 radical (unpaired) electrons. The fraction of sp³-hybridized carbons (Fsp3) is 0.333. The van der Waals surface area contributed by atoms with Crippen molar-refractivity contribution in [3.05, 3.63) is 52.0 Å². The van der Waals surface area contributed by atoms with E-state index < -0.39 is 0 Å². The van der Waals surface area contributed by atoms with E-state index in [1.54, 1.807) is 11.3 Å². The van der Waals surface area contributed by atoms with E-state index in [4.69, 9.17) is 0 Å². The SMILES string of the molecule is Cc1csc(C(C)NC2=NCC(c3ccccc3)S2)n1. The zero-order chi connectivity index (χ0) is 13.9. The molecule has 0 amide bonds. The molecule has 1 N–H and O–H groups in total. The third-order valence-corrected chi connectivity index (χ3v) is 5.49. The summed E-state index contributed by atoms with van der Waals surface area (Å²) < 4.78 is 0. The lowest BCUT2D eigenvalue weighted by Gasteiger charge is -2.13. The number of nitrogens with zero attached hydrogens (tertiary/aromatic N) is 2. The number of thioether (sulfide) groups is 1. The third kappa shape index (κ3) is 3.04. The van der Waals surface area contributed by atoms with Gasteiger partial charge in [-0.25, -0.2) is 4.98 Å². The number of aryl methyl sites for hydroxylation is 1. The summed E-state index contributed by atoms with van der Waals surface area (Å²) in [6, 6.07) is 10.8. The quantitative estimate of drug-likeness (QED) is 0.933. The number of hydrogen-bond acceptors (Lipinski definition) is 5. The van der Waals surface area contributed by atoms with E-state index >= 15 is 0 Å². The molecule has 104 valence electrons. The van der Waals surface area contributed by atoms with Crippen molar-refractivity contribution in [2.24, 2.45) is 4.99 Å². The topological polar surface area (TPSA) is 37.3 Å². The van der Waals surface area contributed by atoms with Crippen LogP contribution in [0.15, 0.2) is 40.7 Å². The second-order valence-corrected chi connectivity index (χ2v) is 6.94. The van der Waals surface area contributed by atoms with Gasteiger partial charge in [-0.2, -0.15) is 0 Å². The van der Waals surface area contributed by atoms with Crippen molar-refractivity contribution < 1.29 is 0 Å². The second-order valence-electron chi connectivity index (χ2n) is 4.86. The summed E-state index contributed by atoms with van der Waals surface area (Å²) in [5.41, 5.74) is 2.43. The zero-order valence-electron chi connectivity index (χ0n) is 11.5. The lowest BCUT2D eigenvalue weighted by atomic mass is 10.1. The first kappa shape index (κ1) is 13.6. The van der Waals surface area contributed by atoms with Gasteiger partial charge in [0.15, 0.2) is 5.17 Å². The van der Waals surface area contributed by atoms with Gasteiger partial charge < -0.3 is 5.32 Å². The van der Waals surface area contributed by atoms with E-state index in [-0.39, 0.29) is 6.04 Å². The Labute approximate surface area is 127 Å². The van der Waals surface area contributed by atoms with Gasteiger partial charge >= 0.3 is 0 Å². The van der Waals surface area contributed by atoms with Crippen LogP contribution in [0.1, 0.15) is 34.5 Å². The monoisotopic (exact) mass is 303 g/mol. The Kier molecular flexibility index (Phi) is 4.08. The highest BCUT2D eigenvalue weighted by molar-refractivity contribution is 8.14. The maximum atomic E-state index is 4.61. The minimum atomic E-state index is 0.217. The Hall–Kier alpha value is -1.33. The van der Waals surface area contributed by atoms with Gasteiger partial charge in [0, 0.05) is 11.1 Å². The normalized spacial score (nSPS) is 19.7. The molecular weight excluding hydrogens is 286 g/mol. The van der Waals surface area contributed by atoms with E-state index in [0.717, 1.165) is 22.4 Å². The maximum absolute atomic E-state index is 4.61. The Balaban J connectivity index is 1.60. The first-order chi connectivity index (χ1) is 9.72. The molecule has 1 aliphatic heterocycles. The molecule has 1 aromatic heterocycles. The van der Waals surface area contributed by atoms with Crippen LogP contribution in [0, 0.1) is 6.92 Å². The van der Waals surface area contributed by atoms with Crippen LogP contribution in [0.4, 0.5) is 0 Å². The highest BCUT2D eigenvalue weighted by Crippen LogP contribution is 2.35. The van der Waals surface area contributed by atoms with Crippen LogP contribution in [0.25, 0.3) is 0 Å². The molecule has 0 saturated carbocycles. The predicted octanol–water partition coefficient (Wildman–Crippen LogP) is 3.95. The van der Waals surface area contributed by atoms with Crippen molar-refractivity contribution >= 4 is 28.3 Å². The van der Waals surface area contributed by atoms with Crippen molar-refractivity contribution in [1.82, 2.24) is 10.3 Å². The molecule has 0 fully saturated rings. The van der Waals surface area contributed by atoms with E-state index in [0.29, 0.717) is 5.25 Å². The number of aromatic nitrogens is 1. The van der Waals surface area contributed by atoms with E-state index in [1.807, 2.05) is 18.7 Å². The van der Waals surface area contributed by atoms with Crippen molar-refractivity contribution in [3.8, 4) is 0 Å². The predicted molar refractivity (Wildman–Crippen MR) is 87.5 cm³/mol. The summed E-state index contributed by atoms with van der Waals surface area (Å²) in [6.45, 7) is 5.01. The molecule has 2 atom stereocenters. The maximum Gasteiger partial charge on any atom is 0.157 e. The van der Waals surface area contributed by atoms with Gasteiger partial charge in [-0.05, 0) is 19.4 Å². The molecule has 1 aromatic carbocycles. The fourth-order valence-corrected chi connectivity index (χ4v) is 4.02. The van der Waals surface area contributed by atoms with Crippen LogP contribution < -0.4 is 5.32 Å². The highest BCUT2D eigenvalue weighted by atomic mass is 32.2. The Bertz CT molecular complexity index is 607. The van der Waals surface area contributed by atoms with Crippen LogP contribution in [0.3, 0.4) is 0 Å². The molecule has 1 aliphatic rings. The van der Waals surface area contributed by atoms with Gasteiger partial charge in [-0.3, -0.25) is 4.99 Å². The summed E-state index contributed by atoms with van der Waals surface area (Å²) in [6.07, 6.45) is 0. The molecule has 2 heterocycles. The van der Waals surface area contributed by atoms with Crippen molar-refractivity contribution in [3.63, 3.8) is 0 Å². The molecule has 3 nitrogen and oxygen atoms in total. The standard InChI is InChI=1S/C15H17N3S2/c1-10-9-19-14(17-10)11(2)18-15-16-8-13(20-15)12-6-4-3-5-7-12/h3-7,9,11,13H,8H2,1-2H3,(H,16,18). The van der Waals surface area contributed by atoms with Crippen LogP contribution in [0.5, 0.6) is 0 Å². The average molecular weight is 303 g/mol. The number of thiazole rings is 1. The molecule has 5 heteroatoms. The minimum Gasteiger partial charge on any atom is -0.356 e. The van der Waals surface area contributed by atoms with Gasteiger partial charge in [0.25, 0.3) is 0 Å². The third-order valence-electron chi connectivity index (χ3n) is 3.17. The molecule has 3 rings (SSSR count). The fourth-order valence-electron chi connectivity index (χ4n) is 2.11. The van der Waals surface area contributed by atoms with Gasteiger partial charge in [-0.1, -0.05) is 42.1 Å². The molecule has 0 bridgehead atoms. The molecular formula is C15H17N3S2. The van der Waals surface area contributed by atoms with Crippen molar-refractivity contribution in [2.75, 3.05) is 6.54 Å². The molecule has 0 aliphatic carbocycles. The van der Waals surface area contributed by atoms with Crippen molar-refractivity contribution in [2.45, 2.75) is 25.1 Å². The first-order valence-electron chi connectivity index (χ1n) is 6.67. The van der Waals surface area contributed by atoms with E-state index in [9.17, 15) is 0 Å². The number of rotatable bonds is 3. The number of aliphatic imine (C=N–C) groups is 1. The average Bonchev–Trinajstić information content (AvgIpc) is 3.09. The van der Waals surface area contributed by atoms with Crippen LogP contribution in [-0.2, 0) is 0 Å². The zero-order valence-corrected chi connectivity index (χ0v) is 13.2. The van der Waals surface area contributed by atoms with Crippen LogP contribution in [-0.4, -0.2) is 16.7 Å². The van der Waals surface area contributed by atoms with Gasteiger partial charge in [0.1, 0.15) is 5.01 Å². The molecule has 2 unspecified atom stereocenters.